The zero-order valence-electron chi connectivity index (χ0n) is 13.1. The van der Waals surface area contributed by atoms with Gasteiger partial charge in [-0.05, 0) is 58.4 Å². The first kappa shape index (κ1) is 15.3. The summed E-state index contributed by atoms with van der Waals surface area (Å²) in [6.45, 7) is 12.6. The molecule has 0 spiro atoms. The quantitative estimate of drug-likeness (QED) is 0.683. The van der Waals surface area contributed by atoms with Crippen LogP contribution < -0.4 is 0 Å². The molecule has 2 fully saturated rings. The number of likely N-dealkylation sites (N-methyl/N-ethyl adjacent to an activating group) is 1. The Kier molecular flexibility index (Phi) is 6.62. The highest BCUT2D eigenvalue weighted by Crippen LogP contribution is 2.22. The number of piperazine rings is 1. The van der Waals surface area contributed by atoms with E-state index in [0.29, 0.717) is 0 Å². The monoisotopic (exact) mass is 267 g/mol. The molecule has 112 valence electrons. The highest BCUT2D eigenvalue weighted by atomic mass is 15.2. The predicted octanol–water partition coefficient (Wildman–Crippen LogP) is 2.14. The van der Waals surface area contributed by atoms with Gasteiger partial charge in [0.25, 0.3) is 0 Å². The lowest BCUT2D eigenvalue weighted by molar-refractivity contribution is 0.148. The van der Waals surface area contributed by atoms with Crippen molar-refractivity contribution in [1.29, 1.82) is 0 Å². The minimum absolute atomic E-state index is 1.02. The molecule has 3 heteroatoms. The summed E-state index contributed by atoms with van der Waals surface area (Å²) in [4.78, 5) is 7.69. The second-order valence-corrected chi connectivity index (χ2v) is 6.52. The third-order valence-electron chi connectivity index (χ3n) is 5.09. The van der Waals surface area contributed by atoms with Gasteiger partial charge in [0.15, 0.2) is 0 Å². The fourth-order valence-corrected chi connectivity index (χ4v) is 3.43. The van der Waals surface area contributed by atoms with Crippen LogP contribution in [0.5, 0.6) is 0 Å². The summed E-state index contributed by atoms with van der Waals surface area (Å²) in [5, 5.41) is 0. The zero-order valence-corrected chi connectivity index (χ0v) is 13.1. The minimum Gasteiger partial charge on any atom is -0.304 e. The number of nitrogens with zero attached hydrogens (tertiary/aromatic N) is 3. The molecule has 2 heterocycles. The SMILES string of the molecule is CCN1CCC(CCCCN2CCN(C)CC2)CC1. The molecule has 0 aliphatic carbocycles. The molecule has 0 saturated carbocycles. The normalized spacial score (nSPS) is 24.9. The van der Waals surface area contributed by atoms with Crippen molar-refractivity contribution in [3.05, 3.63) is 0 Å². The first-order chi connectivity index (χ1) is 9.28. The van der Waals surface area contributed by atoms with Crippen molar-refractivity contribution in [3.8, 4) is 0 Å². The maximum absolute atomic E-state index is 2.65. The van der Waals surface area contributed by atoms with Gasteiger partial charge in [-0.25, -0.2) is 0 Å². The summed E-state index contributed by atoms with van der Waals surface area (Å²) in [6, 6.07) is 0. The molecule has 0 aromatic carbocycles. The largest absolute Gasteiger partial charge is 0.304 e. The van der Waals surface area contributed by atoms with Gasteiger partial charge in [0.2, 0.25) is 0 Å². The Labute approximate surface area is 119 Å². The molecule has 0 aromatic rings. The smallest absolute Gasteiger partial charge is 0.0110 e. The molecule has 3 nitrogen and oxygen atoms in total. The molecule has 0 bridgehead atoms. The van der Waals surface area contributed by atoms with Gasteiger partial charge in [-0.15, -0.1) is 0 Å². The Balaban J connectivity index is 1.48. The molecule has 2 saturated heterocycles. The van der Waals surface area contributed by atoms with E-state index in [0.717, 1.165) is 5.92 Å². The van der Waals surface area contributed by atoms with Crippen molar-refractivity contribution < 1.29 is 0 Å². The first-order valence-corrected chi connectivity index (χ1v) is 8.41. The second kappa shape index (κ2) is 8.23. The number of unbranched alkanes of at least 4 members (excludes halogenated alkanes) is 1. The maximum atomic E-state index is 2.65. The Morgan fingerprint density at radius 3 is 2.16 bits per heavy atom. The van der Waals surface area contributed by atoms with Crippen LogP contribution in [0, 0.1) is 5.92 Å². The molecule has 0 atom stereocenters. The Bertz CT molecular complexity index is 228. The van der Waals surface area contributed by atoms with Crippen molar-refractivity contribution in [2.45, 2.75) is 39.0 Å². The van der Waals surface area contributed by atoms with E-state index in [2.05, 4.69) is 28.7 Å². The third-order valence-corrected chi connectivity index (χ3v) is 5.09. The Morgan fingerprint density at radius 1 is 0.842 bits per heavy atom. The van der Waals surface area contributed by atoms with E-state index in [-0.39, 0.29) is 0 Å². The first-order valence-electron chi connectivity index (χ1n) is 8.41. The number of hydrogen-bond acceptors (Lipinski definition) is 3. The fraction of sp³-hybridized carbons (Fsp3) is 1.00. The van der Waals surface area contributed by atoms with Crippen LogP contribution in [-0.2, 0) is 0 Å². The van der Waals surface area contributed by atoms with Gasteiger partial charge in [-0.2, -0.15) is 0 Å². The summed E-state index contributed by atoms with van der Waals surface area (Å²) in [7, 11) is 2.24. The van der Waals surface area contributed by atoms with E-state index >= 15 is 0 Å². The standard InChI is InChI=1S/C16H33N3/c1-3-18-10-7-16(8-11-18)6-4-5-9-19-14-12-17(2)13-15-19/h16H,3-15H2,1-2H3. The van der Waals surface area contributed by atoms with Gasteiger partial charge in [0, 0.05) is 26.2 Å². The zero-order chi connectivity index (χ0) is 13.5. The van der Waals surface area contributed by atoms with Crippen LogP contribution in [0.25, 0.3) is 0 Å². The molecule has 0 radical (unpaired) electrons. The van der Waals surface area contributed by atoms with Crippen molar-refractivity contribution in [2.24, 2.45) is 5.92 Å². The molecule has 2 aliphatic heterocycles. The van der Waals surface area contributed by atoms with Crippen LogP contribution in [-0.4, -0.2) is 74.1 Å². The average Bonchev–Trinajstić information content (AvgIpc) is 2.46. The van der Waals surface area contributed by atoms with Crippen molar-refractivity contribution in [1.82, 2.24) is 14.7 Å². The van der Waals surface area contributed by atoms with Crippen LogP contribution in [0.2, 0.25) is 0 Å². The predicted molar refractivity (Wildman–Crippen MR) is 82.6 cm³/mol. The van der Waals surface area contributed by atoms with E-state index in [4.69, 9.17) is 0 Å². The molecule has 2 aliphatic rings. The third kappa shape index (κ3) is 5.41. The molecule has 0 aromatic heterocycles. The summed E-state index contributed by atoms with van der Waals surface area (Å²) < 4.78 is 0. The van der Waals surface area contributed by atoms with Gasteiger partial charge < -0.3 is 14.7 Å². The van der Waals surface area contributed by atoms with Crippen molar-refractivity contribution in [3.63, 3.8) is 0 Å². The fourth-order valence-electron chi connectivity index (χ4n) is 3.43. The molecule has 0 unspecified atom stereocenters. The van der Waals surface area contributed by atoms with Gasteiger partial charge in [-0.3, -0.25) is 0 Å². The van der Waals surface area contributed by atoms with Crippen LogP contribution in [0.1, 0.15) is 39.0 Å². The summed E-state index contributed by atoms with van der Waals surface area (Å²) >= 11 is 0. The van der Waals surface area contributed by atoms with Gasteiger partial charge in [0.05, 0.1) is 0 Å². The summed E-state index contributed by atoms with van der Waals surface area (Å²) in [5.41, 5.74) is 0. The number of piperidine rings is 1. The van der Waals surface area contributed by atoms with Crippen molar-refractivity contribution in [2.75, 3.05) is 59.4 Å². The van der Waals surface area contributed by atoms with Gasteiger partial charge >= 0.3 is 0 Å². The van der Waals surface area contributed by atoms with Gasteiger partial charge in [0.1, 0.15) is 0 Å². The highest BCUT2D eigenvalue weighted by molar-refractivity contribution is 4.72. The average molecular weight is 267 g/mol. The van der Waals surface area contributed by atoms with Crippen LogP contribution in [0.4, 0.5) is 0 Å². The molecule has 19 heavy (non-hydrogen) atoms. The summed E-state index contributed by atoms with van der Waals surface area (Å²) in [5.74, 6) is 1.02. The van der Waals surface area contributed by atoms with E-state index in [1.807, 2.05) is 0 Å². The number of hydrogen-bond donors (Lipinski definition) is 0. The maximum Gasteiger partial charge on any atom is 0.0110 e. The van der Waals surface area contributed by atoms with E-state index in [1.165, 1.54) is 84.5 Å². The summed E-state index contributed by atoms with van der Waals surface area (Å²) in [6.07, 6.45) is 7.23. The Hall–Kier alpha value is -0.120. The molecule has 2 rings (SSSR count). The lowest BCUT2D eigenvalue weighted by atomic mass is 9.91. The minimum atomic E-state index is 1.02. The van der Waals surface area contributed by atoms with Crippen LogP contribution >= 0.6 is 0 Å². The van der Waals surface area contributed by atoms with E-state index < -0.39 is 0 Å². The van der Waals surface area contributed by atoms with Crippen LogP contribution in [0.3, 0.4) is 0 Å². The van der Waals surface area contributed by atoms with E-state index in [9.17, 15) is 0 Å². The van der Waals surface area contributed by atoms with E-state index in [1.54, 1.807) is 0 Å². The second-order valence-electron chi connectivity index (χ2n) is 6.52. The topological polar surface area (TPSA) is 9.72 Å². The van der Waals surface area contributed by atoms with Crippen LogP contribution in [0.15, 0.2) is 0 Å². The highest BCUT2D eigenvalue weighted by Gasteiger charge is 2.18. The van der Waals surface area contributed by atoms with Crippen molar-refractivity contribution >= 4 is 0 Å². The number of likely N-dealkylation sites (tertiary alicyclic amines) is 1. The molecular formula is C16H33N3. The molecule has 0 N–H and O–H groups in total. The lowest BCUT2D eigenvalue weighted by Crippen LogP contribution is -2.44. The number of rotatable bonds is 6. The molecular weight excluding hydrogens is 234 g/mol. The lowest BCUT2D eigenvalue weighted by Gasteiger charge is -2.33. The Morgan fingerprint density at radius 2 is 1.53 bits per heavy atom. The van der Waals surface area contributed by atoms with Gasteiger partial charge in [-0.1, -0.05) is 19.8 Å². The molecule has 0 amide bonds.